The van der Waals surface area contributed by atoms with Gasteiger partial charge in [0.1, 0.15) is 5.82 Å². The van der Waals surface area contributed by atoms with Gasteiger partial charge >= 0.3 is 0 Å². The van der Waals surface area contributed by atoms with Crippen molar-refractivity contribution in [2.24, 2.45) is 0 Å². The van der Waals surface area contributed by atoms with Crippen molar-refractivity contribution in [3.05, 3.63) is 108 Å². The van der Waals surface area contributed by atoms with Crippen LogP contribution in [0.3, 0.4) is 0 Å². The van der Waals surface area contributed by atoms with E-state index in [1.165, 1.54) is 23.9 Å². The van der Waals surface area contributed by atoms with E-state index in [1.807, 2.05) is 53.1 Å². The van der Waals surface area contributed by atoms with Crippen molar-refractivity contribution in [2.75, 3.05) is 0 Å². The van der Waals surface area contributed by atoms with Crippen LogP contribution in [0, 0.1) is 5.82 Å². The normalized spacial score (nSPS) is 11.0. The number of thioether (sulfide) groups is 1. The predicted molar refractivity (Wildman–Crippen MR) is 122 cm³/mol. The Morgan fingerprint density at radius 1 is 0.812 bits per heavy atom. The second kappa shape index (κ2) is 9.20. The molecule has 0 saturated carbocycles. The van der Waals surface area contributed by atoms with Gasteiger partial charge in [0, 0.05) is 11.1 Å². The average molecular weight is 443 g/mol. The van der Waals surface area contributed by atoms with Gasteiger partial charge in [-0.2, -0.15) is 0 Å². The zero-order chi connectivity index (χ0) is 21.8. The van der Waals surface area contributed by atoms with Crippen LogP contribution < -0.4 is 0 Å². The van der Waals surface area contributed by atoms with E-state index in [2.05, 4.69) is 27.3 Å². The van der Waals surface area contributed by atoms with Crippen LogP contribution in [0.2, 0.25) is 0 Å². The number of nitrogens with zero attached hydrogens (tertiary/aromatic N) is 4. The molecule has 0 amide bonds. The lowest BCUT2D eigenvalue weighted by Gasteiger charge is -2.10. The summed E-state index contributed by atoms with van der Waals surface area (Å²) in [5, 5.41) is 9.54. The van der Waals surface area contributed by atoms with Gasteiger partial charge in [0.25, 0.3) is 0 Å². The van der Waals surface area contributed by atoms with Crippen molar-refractivity contribution in [2.45, 2.75) is 17.5 Å². The number of rotatable bonds is 7. The van der Waals surface area contributed by atoms with Crippen LogP contribution in [0.5, 0.6) is 0 Å². The second-order valence-electron chi connectivity index (χ2n) is 7.16. The molecule has 0 atom stereocenters. The minimum atomic E-state index is -0.282. The molecule has 32 heavy (non-hydrogen) atoms. The Kier molecular flexibility index (Phi) is 5.81. The molecule has 7 heteroatoms. The van der Waals surface area contributed by atoms with Gasteiger partial charge in [0.05, 0.1) is 18.5 Å². The van der Waals surface area contributed by atoms with Crippen molar-refractivity contribution in [3.8, 4) is 22.7 Å². The molecule has 0 aliphatic carbocycles. The molecule has 0 aliphatic rings. The second-order valence-corrected chi connectivity index (χ2v) is 8.10. The summed E-state index contributed by atoms with van der Waals surface area (Å²) in [6.45, 7) is 0.601. The molecule has 0 saturated heterocycles. The van der Waals surface area contributed by atoms with Gasteiger partial charge in [-0.3, -0.25) is 4.57 Å². The van der Waals surface area contributed by atoms with Crippen LogP contribution in [0.1, 0.15) is 11.5 Å². The highest BCUT2D eigenvalue weighted by molar-refractivity contribution is 7.98. The van der Waals surface area contributed by atoms with E-state index in [4.69, 9.17) is 4.42 Å². The van der Waals surface area contributed by atoms with Crippen LogP contribution in [0.4, 0.5) is 4.39 Å². The van der Waals surface area contributed by atoms with Crippen LogP contribution >= 0.6 is 11.8 Å². The largest absolute Gasteiger partial charge is 0.440 e. The Balaban J connectivity index is 1.41. The maximum Gasteiger partial charge on any atom is 0.205 e. The van der Waals surface area contributed by atoms with Crippen molar-refractivity contribution < 1.29 is 8.81 Å². The Bertz CT molecular complexity index is 1300. The molecular formula is C25H19FN4OS. The minimum Gasteiger partial charge on any atom is -0.440 e. The van der Waals surface area contributed by atoms with E-state index in [-0.39, 0.29) is 5.82 Å². The molecule has 5 nitrogen and oxygen atoms in total. The number of aromatic nitrogens is 4. The monoisotopic (exact) mass is 442 g/mol. The minimum absolute atomic E-state index is 0.282. The molecule has 0 unspecified atom stereocenters. The number of halogens is 1. The molecular weight excluding hydrogens is 423 g/mol. The fourth-order valence-electron chi connectivity index (χ4n) is 3.36. The van der Waals surface area contributed by atoms with Crippen LogP contribution in [0.25, 0.3) is 22.7 Å². The van der Waals surface area contributed by atoms with E-state index in [1.54, 1.807) is 18.3 Å². The van der Waals surface area contributed by atoms with Gasteiger partial charge < -0.3 is 4.42 Å². The fraction of sp³-hybridized carbons (Fsp3) is 0.0800. The molecule has 158 valence electrons. The molecule has 0 bridgehead atoms. The van der Waals surface area contributed by atoms with E-state index in [9.17, 15) is 4.39 Å². The fourth-order valence-corrected chi connectivity index (χ4v) is 4.15. The summed E-state index contributed by atoms with van der Waals surface area (Å²) in [7, 11) is 0. The standard InChI is InChI=1S/C25H19FN4OS/c26-21-13-11-20(12-14-21)24-28-29-25(30(24)16-18-7-3-1-4-8-18)32-17-23-27-15-22(31-23)19-9-5-2-6-10-19/h1-15H,16-17H2. The average Bonchev–Trinajstić information content (AvgIpc) is 3.47. The van der Waals surface area contributed by atoms with Gasteiger partial charge in [0.15, 0.2) is 16.7 Å². The maximum atomic E-state index is 13.4. The van der Waals surface area contributed by atoms with E-state index in [0.717, 1.165) is 27.6 Å². The van der Waals surface area contributed by atoms with Crippen LogP contribution in [-0.2, 0) is 12.3 Å². The summed E-state index contributed by atoms with van der Waals surface area (Å²) in [4.78, 5) is 4.41. The third kappa shape index (κ3) is 4.48. The molecule has 0 aliphatic heterocycles. The highest BCUT2D eigenvalue weighted by atomic mass is 32.2. The molecule has 5 rings (SSSR count). The quantitative estimate of drug-likeness (QED) is 0.286. The summed E-state index contributed by atoms with van der Waals surface area (Å²) < 4.78 is 21.4. The Labute approximate surface area is 189 Å². The van der Waals surface area contributed by atoms with Crippen LogP contribution in [0.15, 0.2) is 101 Å². The van der Waals surface area contributed by atoms with Crippen molar-refractivity contribution >= 4 is 11.8 Å². The van der Waals surface area contributed by atoms with Crippen molar-refractivity contribution in [1.82, 2.24) is 19.7 Å². The van der Waals surface area contributed by atoms with Gasteiger partial charge in [-0.25, -0.2) is 9.37 Å². The molecule has 0 N–H and O–H groups in total. The first-order chi connectivity index (χ1) is 15.8. The maximum absolute atomic E-state index is 13.4. The zero-order valence-electron chi connectivity index (χ0n) is 17.1. The lowest BCUT2D eigenvalue weighted by atomic mass is 10.2. The smallest absolute Gasteiger partial charge is 0.205 e. The Morgan fingerprint density at radius 3 is 2.28 bits per heavy atom. The third-order valence-electron chi connectivity index (χ3n) is 4.94. The van der Waals surface area contributed by atoms with Crippen molar-refractivity contribution in [1.29, 1.82) is 0 Å². The lowest BCUT2D eigenvalue weighted by molar-refractivity contribution is 0.529. The van der Waals surface area contributed by atoms with E-state index >= 15 is 0 Å². The summed E-state index contributed by atoms with van der Waals surface area (Å²) >= 11 is 1.51. The van der Waals surface area contributed by atoms with E-state index < -0.39 is 0 Å². The van der Waals surface area contributed by atoms with Gasteiger partial charge in [-0.15, -0.1) is 10.2 Å². The molecule has 5 aromatic rings. The van der Waals surface area contributed by atoms with Crippen molar-refractivity contribution in [3.63, 3.8) is 0 Å². The number of oxazole rings is 1. The molecule has 0 spiro atoms. The van der Waals surface area contributed by atoms with Gasteiger partial charge in [-0.05, 0) is 29.8 Å². The summed E-state index contributed by atoms with van der Waals surface area (Å²) in [5.74, 6) is 2.28. The Morgan fingerprint density at radius 2 is 1.53 bits per heavy atom. The Hall–Kier alpha value is -3.71. The lowest BCUT2D eigenvalue weighted by Crippen LogP contribution is -2.04. The summed E-state index contributed by atoms with van der Waals surface area (Å²) in [6, 6.07) is 26.3. The number of hydrogen-bond donors (Lipinski definition) is 0. The summed E-state index contributed by atoms with van der Waals surface area (Å²) in [6.07, 6.45) is 1.74. The first-order valence-corrected chi connectivity index (χ1v) is 11.1. The highest BCUT2D eigenvalue weighted by Crippen LogP contribution is 2.29. The van der Waals surface area contributed by atoms with Crippen LogP contribution in [-0.4, -0.2) is 19.7 Å². The first-order valence-electron chi connectivity index (χ1n) is 10.1. The predicted octanol–water partition coefficient (Wildman–Crippen LogP) is 6.08. The molecule has 0 radical (unpaired) electrons. The molecule has 3 aromatic carbocycles. The topological polar surface area (TPSA) is 56.7 Å². The molecule has 2 aromatic heterocycles. The summed E-state index contributed by atoms with van der Waals surface area (Å²) in [5.41, 5.74) is 2.92. The SMILES string of the molecule is Fc1ccc(-c2nnc(SCc3ncc(-c4ccccc4)o3)n2Cc2ccccc2)cc1. The van der Waals surface area contributed by atoms with Gasteiger partial charge in [0.2, 0.25) is 5.89 Å². The number of benzene rings is 3. The first kappa shape index (κ1) is 20.2. The molecule has 2 heterocycles. The molecule has 0 fully saturated rings. The number of hydrogen-bond acceptors (Lipinski definition) is 5. The van der Waals surface area contributed by atoms with Gasteiger partial charge in [-0.1, -0.05) is 72.4 Å². The zero-order valence-corrected chi connectivity index (χ0v) is 17.9. The third-order valence-corrected chi connectivity index (χ3v) is 5.89. The highest BCUT2D eigenvalue weighted by Gasteiger charge is 2.16. The van der Waals surface area contributed by atoms with E-state index in [0.29, 0.717) is 24.0 Å².